The molecule has 0 amide bonds. The zero-order valence-electron chi connectivity index (χ0n) is 15.4. The lowest BCUT2D eigenvalue weighted by Gasteiger charge is -2.53. The monoisotopic (exact) mass is 358 g/mol. The molecule has 5 atom stereocenters. The van der Waals surface area contributed by atoms with Gasteiger partial charge in [-0.05, 0) is 26.7 Å². The zero-order chi connectivity index (χ0) is 17.7. The zero-order valence-corrected chi connectivity index (χ0v) is 15.4. The van der Waals surface area contributed by atoms with E-state index in [1.165, 1.54) is 6.42 Å². The van der Waals surface area contributed by atoms with Gasteiger partial charge in [0.25, 0.3) is 0 Å². The van der Waals surface area contributed by atoms with Crippen LogP contribution >= 0.6 is 0 Å². The lowest BCUT2D eigenvalue weighted by Crippen LogP contribution is -2.69. The Morgan fingerprint density at radius 3 is 2.48 bits per heavy atom. The molecule has 2 heterocycles. The lowest BCUT2D eigenvalue weighted by molar-refractivity contribution is -0.366. The summed E-state index contributed by atoms with van der Waals surface area (Å²) < 4.78 is 35.6. The molecule has 2 saturated carbocycles. The minimum atomic E-state index is -1.15. The number of methoxy groups -OCH3 is 1. The average Bonchev–Trinajstić information content (AvgIpc) is 2.93. The van der Waals surface area contributed by atoms with E-state index in [4.69, 9.17) is 28.4 Å². The molecule has 4 fully saturated rings. The number of hydrogen-bond donors (Lipinski definition) is 1. The van der Waals surface area contributed by atoms with Crippen LogP contribution in [0.5, 0.6) is 0 Å². The maximum atomic E-state index is 11.2. The molecule has 0 aromatic carbocycles. The molecule has 0 aromatic rings. The third kappa shape index (κ3) is 3.25. The van der Waals surface area contributed by atoms with Gasteiger partial charge in [-0.15, -0.1) is 0 Å². The first-order chi connectivity index (χ1) is 11.9. The average molecular weight is 358 g/mol. The van der Waals surface area contributed by atoms with Crippen molar-refractivity contribution in [2.75, 3.05) is 20.5 Å². The second kappa shape index (κ2) is 6.41. The van der Waals surface area contributed by atoms with Crippen LogP contribution in [0.15, 0.2) is 0 Å². The van der Waals surface area contributed by atoms with Crippen molar-refractivity contribution >= 4 is 0 Å². The fourth-order valence-electron chi connectivity index (χ4n) is 4.66. The molecule has 25 heavy (non-hydrogen) atoms. The summed E-state index contributed by atoms with van der Waals surface area (Å²) in [6.45, 7) is 4.07. The maximum Gasteiger partial charge on any atom is 0.169 e. The highest BCUT2D eigenvalue weighted by Gasteiger charge is 2.65. The molecule has 7 heteroatoms. The van der Waals surface area contributed by atoms with E-state index in [0.29, 0.717) is 6.42 Å². The number of rotatable bonds is 3. The molecular weight excluding hydrogens is 328 g/mol. The minimum absolute atomic E-state index is 0.151. The second-order valence-corrected chi connectivity index (χ2v) is 8.28. The van der Waals surface area contributed by atoms with E-state index in [0.717, 1.165) is 25.7 Å². The van der Waals surface area contributed by atoms with Crippen molar-refractivity contribution in [3.8, 4) is 0 Å². The van der Waals surface area contributed by atoms with E-state index in [1.54, 1.807) is 7.11 Å². The predicted molar refractivity (Wildman–Crippen MR) is 86.8 cm³/mol. The Labute approximate surface area is 148 Å². The molecule has 4 aliphatic rings. The van der Waals surface area contributed by atoms with Crippen molar-refractivity contribution < 1.29 is 33.5 Å². The van der Waals surface area contributed by atoms with Crippen LogP contribution in [0.3, 0.4) is 0 Å². The highest BCUT2D eigenvalue weighted by molar-refractivity contribution is 5.10. The van der Waals surface area contributed by atoms with Gasteiger partial charge in [0, 0.05) is 26.4 Å². The van der Waals surface area contributed by atoms with Crippen LogP contribution < -0.4 is 0 Å². The summed E-state index contributed by atoms with van der Waals surface area (Å²) in [6, 6.07) is 0. The Hall–Kier alpha value is -0.280. The molecule has 0 aromatic heterocycles. The summed E-state index contributed by atoms with van der Waals surface area (Å²) in [6.07, 6.45) is 4.06. The van der Waals surface area contributed by atoms with Gasteiger partial charge in [-0.2, -0.15) is 0 Å². The third-order valence-electron chi connectivity index (χ3n) is 5.87. The molecule has 2 saturated heterocycles. The highest BCUT2D eigenvalue weighted by atomic mass is 16.8. The summed E-state index contributed by atoms with van der Waals surface area (Å²) >= 11 is 0. The van der Waals surface area contributed by atoms with Gasteiger partial charge >= 0.3 is 0 Å². The van der Waals surface area contributed by atoms with Crippen molar-refractivity contribution in [3.05, 3.63) is 0 Å². The first kappa shape index (κ1) is 18.1. The van der Waals surface area contributed by atoms with Crippen LogP contribution in [-0.4, -0.2) is 67.2 Å². The van der Waals surface area contributed by atoms with Gasteiger partial charge in [0.15, 0.2) is 11.6 Å². The molecular formula is C18H30O7. The van der Waals surface area contributed by atoms with E-state index < -0.39 is 23.3 Å². The van der Waals surface area contributed by atoms with Gasteiger partial charge in [0.2, 0.25) is 0 Å². The Bertz CT molecular complexity index is 490. The molecule has 1 spiro atoms. The van der Waals surface area contributed by atoms with E-state index in [-0.39, 0.29) is 31.7 Å². The molecule has 4 rings (SSSR count). The SMILES string of the molecule is COCO[C@@H]1C[C@@]2(O)COC(C)(C)O[C@@H]2[C@H]2OC3(CCCCC3)O[C@H]21. The minimum Gasteiger partial charge on any atom is -0.385 e. The molecule has 0 radical (unpaired) electrons. The quantitative estimate of drug-likeness (QED) is 0.770. The lowest BCUT2D eigenvalue weighted by atomic mass is 9.76. The van der Waals surface area contributed by atoms with Crippen LogP contribution in [0.25, 0.3) is 0 Å². The predicted octanol–water partition coefficient (Wildman–Crippen LogP) is 1.71. The number of fused-ring (bicyclic) bond motifs is 3. The topological polar surface area (TPSA) is 75.6 Å². The molecule has 0 bridgehead atoms. The second-order valence-electron chi connectivity index (χ2n) is 8.28. The summed E-state index contributed by atoms with van der Waals surface area (Å²) in [4.78, 5) is 0. The molecule has 144 valence electrons. The van der Waals surface area contributed by atoms with Gasteiger partial charge < -0.3 is 33.5 Å². The van der Waals surface area contributed by atoms with E-state index in [2.05, 4.69) is 0 Å². The smallest absolute Gasteiger partial charge is 0.169 e. The normalized spacial score (nSPS) is 45.1. The van der Waals surface area contributed by atoms with E-state index in [1.807, 2.05) is 13.8 Å². The van der Waals surface area contributed by atoms with E-state index >= 15 is 0 Å². The highest BCUT2D eigenvalue weighted by Crippen LogP contribution is 2.50. The first-order valence-corrected chi connectivity index (χ1v) is 9.37. The Kier molecular flexibility index (Phi) is 4.64. The molecule has 2 aliphatic carbocycles. The van der Waals surface area contributed by atoms with Crippen molar-refractivity contribution in [2.24, 2.45) is 0 Å². The van der Waals surface area contributed by atoms with Gasteiger partial charge in [-0.25, -0.2) is 0 Å². The van der Waals surface area contributed by atoms with Gasteiger partial charge in [0.05, 0.1) is 12.7 Å². The summed E-state index contributed by atoms with van der Waals surface area (Å²) in [5.74, 6) is -1.33. The third-order valence-corrected chi connectivity index (χ3v) is 5.87. The van der Waals surface area contributed by atoms with Crippen molar-refractivity contribution in [2.45, 2.75) is 94.0 Å². The fraction of sp³-hybridized carbons (Fsp3) is 1.00. The largest absolute Gasteiger partial charge is 0.385 e. The van der Waals surface area contributed by atoms with E-state index in [9.17, 15) is 5.11 Å². The Morgan fingerprint density at radius 1 is 1.04 bits per heavy atom. The van der Waals surface area contributed by atoms with Crippen LogP contribution in [0.2, 0.25) is 0 Å². The van der Waals surface area contributed by atoms with Gasteiger partial charge in [-0.1, -0.05) is 6.42 Å². The number of ether oxygens (including phenoxy) is 6. The van der Waals surface area contributed by atoms with Crippen LogP contribution in [0, 0.1) is 0 Å². The van der Waals surface area contributed by atoms with Crippen LogP contribution in [0.4, 0.5) is 0 Å². The molecule has 1 N–H and O–H groups in total. The summed E-state index contributed by atoms with van der Waals surface area (Å²) in [7, 11) is 1.59. The fourth-order valence-corrected chi connectivity index (χ4v) is 4.66. The van der Waals surface area contributed by atoms with Gasteiger partial charge in [0.1, 0.15) is 30.7 Å². The molecule has 0 unspecified atom stereocenters. The Morgan fingerprint density at radius 2 is 1.76 bits per heavy atom. The molecule has 7 nitrogen and oxygen atoms in total. The summed E-state index contributed by atoms with van der Waals surface area (Å²) in [5, 5.41) is 11.2. The van der Waals surface area contributed by atoms with Crippen LogP contribution in [-0.2, 0) is 28.4 Å². The van der Waals surface area contributed by atoms with Crippen molar-refractivity contribution in [3.63, 3.8) is 0 Å². The maximum absolute atomic E-state index is 11.2. The van der Waals surface area contributed by atoms with Crippen molar-refractivity contribution in [1.29, 1.82) is 0 Å². The first-order valence-electron chi connectivity index (χ1n) is 9.37. The summed E-state index contributed by atoms with van der Waals surface area (Å²) in [5.41, 5.74) is -1.15. The van der Waals surface area contributed by atoms with Gasteiger partial charge in [-0.3, -0.25) is 0 Å². The van der Waals surface area contributed by atoms with Crippen LogP contribution in [0.1, 0.15) is 52.4 Å². The Balaban J connectivity index is 1.61. The number of aliphatic hydroxyl groups is 1. The van der Waals surface area contributed by atoms with Crippen molar-refractivity contribution in [1.82, 2.24) is 0 Å². The molecule has 2 aliphatic heterocycles. The standard InChI is InChI=1S/C18H30O7/c1-16(2)22-10-17(19)9-12(21-11-20-3)13-14(15(17)25-16)24-18(23-13)7-5-4-6-8-18/h12-15,19H,4-11H2,1-3H3/t12-,13+,14+,15-,17-/m1/s1. The number of hydrogen-bond acceptors (Lipinski definition) is 7.